The summed E-state index contributed by atoms with van der Waals surface area (Å²) < 4.78 is 4.88. The summed E-state index contributed by atoms with van der Waals surface area (Å²) in [6.45, 7) is 0. The molecule has 1 radical (unpaired) electrons. The van der Waals surface area contributed by atoms with Crippen LogP contribution in [0.25, 0.3) is 11.0 Å². The molecule has 0 aliphatic rings. The maximum atomic E-state index is 10.3. The van der Waals surface area contributed by atoms with Crippen LogP contribution in [0.2, 0.25) is 0 Å². The Labute approximate surface area is 67.6 Å². The van der Waals surface area contributed by atoms with E-state index in [1.807, 2.05) is 0 Å². The number of hydrogen-bond donors (Lipinski definition) is 0. The maximum Gasteiger partial charge on any atom is 0.273 e. The largest absolute Gasteiger partial charge is 0.453 e. The van der Waals surface area contributed by atoms with E-state index in [0.29, 0.717) is 5.58 Å². The average molecular weight is 162 g/mol. The van der Waals surface area contributed by atoms with Crippen LogP contribution < -0.4 is 0 Å². The standard InChI is InChI=1S/C8H4NO3/c10-9(11)7-2-1-6-3-4-12-8(6)5-7/h1-3,5H. The summed E-state index contributed by atoms with van der Waals surface area (Å²) in [6, 6.07) is 6.09. The first-order valence-corrected chi connectivity index (χ1v) is 3.31. The molecule has 0 saturated heterocycles. The van der Waals surface area contributed by atoms with Crippen molar-refractivity contribution in [2.24, 2.45) is 0 Å². The summed E-state index contributed by atoms with van der Waals surface area (Å²) in [6.07, 6.45) is 2.51. The number of non-ortho nitro benzene ring substituents is 1. The predicted molar refractivity (Wildman–Crippen MR) is 41.7 cm³/mol. The fraction of sp³-hybridized carbons (Fsp3) is 0. The number of nitrogens with zero attached hydrogens (tertiary/aromatic N) is 1. The number of hydrogen-bond acceptors (Lipinski definition) is 3. The molecule has 0 atom stereocenters. The highest BCUT2D eigenvalue weighted by Crippen LogP contribution is 2.20. The van der Waals surface area contributed by atoms with Gasteiger partial charge >= 0.3 is 0 Å². The lowest BCUT2D eigenvalue weighted by Crippen LogP contribution is -1.85. The Morgan fingerprint density at radius 2 is 2.33 bits per heavy atom. The third kappa shape index (κ3) is 0.934. The van der Waals surface area contributed by atoms with Crippen LogP contribution in [0.4, 0.5) is 5.69 Å². The van der Waals surface area contributed by atoms with Gasteiger partial charge in [0, 0.05) is 11.5 Å². The minimum Gasteiger partial charge on any atom is -0.453 e. The highest BCUT2D eigenvalue weighted by molar-refractivity contribution is 5.79. The summed E-state index contributed by atoms with van der Waals surface area (Å²) in [4.78, 5) is 9.86. The van der Waals surface area contributed by atoms with Gasteiger partial charge in [-0.1, -0.05) is 0 Å². The second-order valence-electron chi connectivity index (χ2n) is 2.34. The Bertz CT molecular complexity index is 433. The fourth-order valence-corrected chi connectivity index (χ4v) is 1.00. The van der Waals surface area contributed by atoms with E-state index in [1.54, 1.807) is 12.1 Å². The lowest BCUT2D eigenvalue weighted by Gasteiger charge is -1.89. The summed E-state index contributed by atoms with van der Waals surface area (Å²) in [7, 11) is 0. The van der Waals surface area contributed by atoms with Crippen molar-refractivity contribution in [2.75, 3.05) is 0 Å². The van der Waals surface area contributed by atoms with E-state index in [1.165, 1.54) is 12.1 Å². The molecular formula is C8H4NO3. The van der Waals surface area contributed by atoms with E-state index in [-0.39, 0.29) is 5.69 Å². The minimum atomic E-state index is -0.456. The van der Waals surface area contributed by atoms with Gasteiger partial charge in [-0.3, -0.25) is 10.1 Å². The highest BCUT2D eigenvalue weighted by atomic mass is 16.6. The molecule has 59 valence electrons. The Morgan fingerprint density at radius 3 is 3.08 bits per heavy atom. The van der Waals surface area contributed by atoms with Gasteiger partial charge in [-0.15, -0.1) is 0 Å². The molecule has 2 aromatic rings. The van der Waals surface area contributed by atoms with Gasteiger partial charge in [0.15, 0.2) is 6.26 Å². The first-order valence-electron chi connectivity index (χ1n) is 3.31. The summed E-state index contributed by atoms with van der Waals surface area (Å²) in [5, 5.41) is 11.1. The van der Waals surface area contributed by atoms with E-state index in [9.17, 15) is 10.1 Å². The summed E-state index contributed by atoms with van der Waals surface area (Å²) in [5.41, 5.74) is 0.523. The molecule has 4 heteroatoms. The Kier molecular flexibility index (Phi) is 1.33. The van der Waals surface area contributed by atoms with Gasteiger partial charge in [-0.05, 0) is 12.1 Å². The summed E-state index contributed by atoms with van der Waals surface area (Å²) in [5.74, 6) is 0. The quantitative estimate of drug-likeness (QED) is 0.476. The number of benzene rings is 1. The van der Waals surface area contributed by atoms with E-state index in [2.05, 4.69) is 6.26 Å². The summed E-state index contributed by atoms with van der Waals surface area (Å²) >= 11 is 0. The van der Waals surface area contributed by atoms with Crippen molar-refractivity contribution in [1.82, 2.24) is 0 Å². The zero-order valence-electron chi connectivity index (χ0n) is 5.98. The zero-order valence-corrected chi connectivity index (χ0v) is 5.98. The van der Waals surface area contributed by atoms with Crippen LogP contribution in [0, 0.1) is 16.4 Å². The third-order valence-corrected chi connectivity index (χ3v) is 1.59. The fourth-order valence-electron chi connectivity index (χ4n) is 1.00. The minimum absolute atomic E-state index is 0.0332. The van der Waals surface area contributed by atoms with E-state index in [0.717, 1.165) is 5.39 Å². The number of nitro groups is 1. The molecule has 1 aromatic carbocycles. The van der Waals surface area contributed by atoms with Crippen LogP contribution in [0.3, 0.4) is 0 Å². The lowest BCUT2D eigenvalue weighted by atomic mass is 10.2. The molecule has 2 rings (SSSR count). The topological polar surface area (TPSA) is 56.3 Å². The van der Waals surface area contributed by atoms with Gasteiger partial charge in [0.1, 0.15) is 5.58 Å². The Hall–Kier alpha value is -1.84. The molecule has 0 N–H and O–H groups in total. The van der Waals surface area contributed by atoms with Gasteiger partial charge in [0.05, 0.1) is 11.0 Å². The first kappa shape index (κ1) is 6.84. The molecule has 1 aromatic heterocycles. The van der Waals surface area contributed by atoms with Gasteiger partial charge < -0.3 is 4.42 Å². The number of fused-ring (bicyclic) bond motifs is 1. The number of nitro benzene ring substituents is 1. The molecule has 0 fully saturated rings. The van der Waals surface area contributed by atoms with Crippen LogP contribution in [0.1, 0.15) is 0 Å². The van der Waals surface area contributed by atoms with E-state index >= 15 is 0 Å². The van der Waals surface area contributed by atoms with Crippen molar-refractivity contribution in [1.29, 1.82) is 0 Å². The molecule has 1 heterocycles. The number of furan rings is 1. The molecular weight excluding hydrogens is 158 g/mol. The van der Waals surface area contributed by atoms with Gasteiger partial charge in [0.2, 0.25) is 0 Å². The molecule has 0 aliphatic carbocycles. The predicted octanol–water partition coefficient (Wildman–Crippen LogP) is 2.14. The van der Waals surface area contributed by atoms with Crippen molar-refractivity contribution in [3.63, 3.8) is 0 Å². The normalized spacial score (nSPS) is 10.3. The molecule has 0 unspecified atom stereocenters. The molecule has 0 saturated carbocycles. The molecule has 0 aliphatic heterocycles. The average Bonchev–Trinajstić information content (AvgIpc) is 2.49. The lowest BCUT2D eigenvalue weighted by molar-refractivity contribution is -0.384. The van der Waals surface area contributed by atoms with Crippen LogP contribution in [0.15, 0.2) is 28.7 Å². The Morgan fingerprint density at radius 1 is 1.50 bits per heavy atom. The van der Waals surface area contributed by atoms with E-state index < -0.39 is 4.92 Å². The van der Waals surface area contributed by atoms with Gasteiger partial charge in [0.25, 0.3) is 5.69 Å². The SMILES string of the molecule is O=[N+]([O-])c1ccc2c[c]oc2c1. The van der Waals surface area contributed by atoms with E-state index in [4.69, 9.17) is 4.42 Å². The second kappa shape index (κ2) is 2.34. The first-order chi connectivity index (χ1) is 5.77. The zero-order chi connectivity index (χ0) is 8.55. The van der Waals surface area contributed by atoms with Crippen molar-refractivity contribution >= 4 is 16.7 Å². The molecule has 0 amide bonds. The van der Waals surface area contributed by atoms with Gasteiger partial charge in [-0.2, -0.15) is 0 Å². The molecule has 0 spiro atoms. The van der Waals surface area contributed by atoms with Crippen LogP contribution in [-0.2, 0) is 0 Å². The third-order valence-electron chi connectivity index (χ3n) is 1.59. The van der Waals surface area contributed by atoms with Crippen LogP contribution >= 0.6 is 0 Å². The van der Waals surface area contributed by atoms with Crippen LogP contribution in [-0.4, -0.2) is 4.92 Å². The van der Waals surface area contributed by atoms with Gasteiger partial charge in [-0.25, -0.2) is 0 Å². The molecule has 4 nitrogen and oxygen atoms in total. The monoisotopic (exact) mass is 162 g/mol. The second-order valence-corrected chi connectivity index (χ2v) is 2.34. The highest BCUT2D eigenvalue weighted by Gasteiger charge is 2.06. The molecule has 0 bridgehead atoms. The van der Waals surface area contributed by atoms with Crippen molar-refractivity contribution in [2.45, 2.75) is 0 Å². The maximum absolute atomic E-state index is 10.3. The number of rotatable bonds is 1. The van der Waals surface area contributed by atoms with Crippen molar-refractivity contribution in [3.05, 3.63) is 40.6 Å². The van der Waals surface area contributed by atoms with Crippen molar-refractivity contribution < 1.29 is 9.34 Å². The van der Waals surface area contributed by atoms with Crippen molar-refractivity contribution in [3.8, 4) is 0 Å². The molecule has 12 heavy (non-hydrogen) atoms. The Balaban J connectivity index is 2.68. The van der Waals surface area contributed by atoms with Crippen LogP contribution in [0.5, 0.6) is 0 Å². The smallest absolute Gasteiger partial charge is 0.273 e.